The van der Waals surface area contributed by atoms with Crippen LogP contribution in [-0.2, 0) is 71.2 Å². The zero-order valence-electron chi connectivity index (χ0n) is 31.4. The van der Waals surface area contributed by atoms with E-state index in [1.807, 2.05) is 6.92 Å². The molecule has 0 radical (unpaired) electrons. The molecule has 4 amide bonds. The fourth-order valence-corrected chi connectivity index (χ4v) is 10.2. The molecular formula is C38H60N8O4S2. The molecule has 2 aromatic rings. The molecule has 4 aliphatic rings. The molecule has 0 aliphatic heterocycles. The van der Waals surface area contributed by atoms with Crippen molar-refractivity contribution < 1.29 is 18.0 Å². The van der Waals surface area contributed by atoms with Crippen molar-refractivity contribution in [3.63, 3.8) is 0 Å². The summed E-state index contributed by atoms with van der Waals surface area (Å²) in [5.41, 5.74) is 12.2. The lowest BCUT2D eigenvalue weighted by atomic mass is 9.99. The molecule has 288 valence electrons. The summed E-state index contributed by atoms with van der Waals surface area (Å²) in [4.78, 5) is 27.1. The van der Waals surface area contributed by atoms with Crippen LogP contribution in [0.25, 0.3) is 0 Å². The SMILES string of the molecule is CCN(CC)CCCS(=N)(=O)NC(=O)Nc1c2c(cc3c1CCC3)CCC2.CCNCCCS(=N)(=O)NC(=O)Nc1c2c(cc3c1CCC3)CCC2. The van der Waals surface area contributed by atoms with Crippen LogP contribution < -0.4 is 25.4 Å². The van der Waals surface area contributed by atoms with Gasteiger partial charge in [-0.15, -0.1) is 0 Å². The smallest absolute Gasteiger partial charge is 0.317 e. The highest BCUT2D eigenvalue weighted by molar-refractivity contribution is 7.91. The number of amides is 4. The van der Waals surface area contributed by atoms with Gasteiger partial charge in [0.2, 0.25) is 0 Å². The van der Waals surface area contributed by atoms with Crippen molar-refractivity contribution in [2.45, 2.75) is 111 Å². The van der Waals surface area contributed by atoms with Crippen LogP contribution in [-0.4, -0.2) is 69.6 Å². The van der Waals surface area contributed by atoms with Crippen LogP contribution in [0.5, 0.6) is 0 Å². The Kier molecular flexibility index (Phi) is 14.0. The summed E-state index contributed by atoms with van der Waals surface area (Å²) in [6, 6.07) is 3.60. The second kappa shape index (κ2) is 18.2. The highest BCUT2D eigenvalue weighted by Crippen LogP contribution is 2.39. The monoisotopic (exact) mass is 756 g/mol. The Balaban J connectivity index is 0.000000202. The van der Waals surface area contributed by atoms with Crippen LogP contribution in [0, 0.1) is 9.56 Å². The standard InChI is InChI=1S/C20H32N4O2S.C18H28N4O2S/c1-3-24(4-2)12-7-13-27(21,26)23-20(25)22-19-17-10-5-8-15(17)14-16-9-6-11-18(16)19;1-2-20-10-5-11-25(19,24)22-18(23)21-17-15-8-3-6-13(15)12-14-7-4-9-16(14)17/h14H,3-13H2,1-2H3,(H3,21,22,23,25,26);12,20H,2-11H2,1H3,(H3,19,21,22,23,24). The van der Waals surface area contributed by atoms with Crippen LogP contribution in [0.15, 0.2) is 12.1 Å². The van der Waals surface area contributed by atoms with E-state index < -0.39 is 31.9 Å². The summed E-state index contributed by atoms with van der Waals surface area (Å²) >= 11 is 0. The largest absolute Gasteiger partial charge is 0.331 e. The number of fused-ring (bicyclic) bond motifs is 4. The number of aryl methyl sites for hydroxylation is 4. The van der Waals surface area contributed by atoms with Crippen LogP contribution in [0.1, 0.15) is 104 Å². The third kappa shape index (κ3) is 10.5. The predicted octanol–water partition coefficient (Wildman–Crippen LogP) is 6.23. The van der Waals surface area contributed by atoms with Crippen LogP contribution in [0.4, 0.5) is 21.0 Å². The molecule has 6 rings (SSSR count). The van der Waals surface area contributed by atoms with E-state index in [4.69, 9.17) is 9.56 Å². The third-order valence-electron chi connectivity index (χ3n) is 10.8. The Morgan fingerprint density at radius 1 is 0.635 bits per heavy atom. The fraction of sp³-hybridized carbons (Fsp3) is 0.632. The van der Waals surface area contributed by atoms with Crippen molar-refractivity contribution in [1.82, 2.24) is 19.7 Å². The second-order valence-corrected chi connectivity index (χ2v) is 18.4. The molecule has 2 atom stereocenters. The Labute approximate surface area is 311 Å². The van der Waals surface area contributed by atoms with E-state index in [1.165, 1.54) is 44.5 Å². The number of benzene rings is 2. The van der Waals surface area contributed by atoms with Gasteiger partial charge in [0.25, 0.3) is 0 Å². The Morgan fingerprint density at radius 2 is 1.02 bits per heavy atom. The van der Waals surface area contributed by atoms with Gasteiger partial charge < -0.3 is 20.9 Å². The lowest BCUT2D eigenvalue weighted by Crippen LogP contribution is -2.36. The average molecular weight is 757 g/mol. The Bertz CT molecular complexity index is 1760. The fourth-order valence-electron chi connectivity index (χ4n) is 8.22. The quantitative estimate of drug-likeness (QED) is 0.106. The van der Waals surface area contributed by atoms with E-state index in [0.29, 0.717) is 19.4 Å². The van der Waals surface area contributed by atoms with Crippen LogP contribution in [0.2, 0.25) is 0 Å². The van der Waals surface area contributed by atoms with Crippen molar-refractivity contribution in [2.75, 3.05) is 54.9 Å². The molecule has 2 aromatic carbocycles. The first-order valence-corrected chi connectivity index (χ1v) is 22.9. The van der Waals surface area contributed by atoms with E-state index in [9.17, 15) is 18.0 Å². The maximum atomic E-state index is 12.5. The van der Waals surface area contributed by atoms with E-state index in [1.54, 1.807) is 0 Å². The van der Waals surface area contributed by atoms with E-state index in [-0.39, 0.29) is 11.5 Å². The van der Waals surface area contributed by atoms with Crippen LogP contribution in [0.3, 0.4) is 0 Å². The molecular weight excluding hydrogens is 697 g/mol. The minimum Gasteiger partial charge on any atom is -0.317 e. The molecule has 0 heterocycles. The molecule has 4 aliphatic carbocycles. The summed E-state index contributed by atoms with van der Waals surface area (Å²) in [7, 11) is -6.24. The molecule has 12 nitrogen and oxygen atoms in total. The first-order chi connectivity index (χ1) is 24.9. The van der Waals surface area contributed by atoms with Gasteiger partial charge in [0.15, 0.2) is 0 Å². The summed E-state index contributed by atoms with van der Waals surface area (Å²) < 4.78 is 45.5. The van der Waals surface area contributed by atoms with Crippen molar-refractivity contribution >= 4 is 43.3 Å². The number of rotatable bonds is 15. The molecule has 0 saturated carbocycles. The molecule has 0 aromatic heterocycles. The number of carbonyl (C=O) groups is 2. The van der Waals surface area contributed by atoms with Gasteiger partial charge in [-0.25, -0.2) is 27.6 Å². The summed E-state index contributed by atoms with van der Waals surface area (Å²) in [6.45, 7) is 10.4. The second-order valence-electron chi connectivity index (χ2n) is 14.4. The lowest BCUT2D eigenvalue weighted by Gasteiger charge is -2.19. The normalized spacial score (nSPS) is 17.5. The Morgan fingerprint density at radius 3 is 1.38 bits per heavy atom. The topological polar surface area (TPSA) is 179 Å². The maximum Gasteiger partial charge on any atom is 0.331 e. The van der Waals surface area contributed by atoms with E-state index in [0.717, 1.165) is 115 Å². The van der Waals surface area contributed by atoms with E-state index in [2.05, 4.69) is 56.3 Å². The third-order valence-corrected chi connectivity index (χ3v) is 13.5. The van der Waals surface area contributed by atoms with Gasteiger partial charge in [-0.1, -0.05) is 32.9 Å². The summed E-state index contributed by atoms with van der Waals surface area (Å²) in [6.07, 6.45) is 13.9. The number of anilines is 2. The number of hydrogen-bond acceptors (Lipinski definition) is 8. The summed E-state index contributed by atoms with van der Waals surface area (Å²) in [5.74, 6) is 0.348. The van der Waals surface area contributed by atoms with Gasteiger partial charge in [0.05, 0.1) is 11.5 Å². The highest BCUT2D eigenvalue weighted by Gasteiger charge is 2.27. The highest BCUT2D eigenvalue weighted by atomic mass is 32.2. The van der Waals surface area contributed by atoms with E-state index >= 15 is 0 Å². The first-order valence-electron chi connectivity index (χ1n) is 19.4. The number of nitrogens with zero attached hydrogens (tertiary/aromatic N) is 1. The predicted molar refractivity (Wildman–Crippen MR) is 212 cm³/mol. The number of urea groups is 2. The van der Waals surface area contributed by atoms with Gasteiger partial charge in [-0.2, -0.15) is 0 Å². The molecule has 0 spiro atoms. The zero-order valence-corrected chi connectivity index (χ0v) is 33.0. The zero-order chi connectivity index (χ0) is 37.3. The molecule has 0 fully saturated rings. The average Bonchev–Trinajstić information content (AvgIpc) is 3.92. The maximum absolute atomic E-state index is 12.5. The number of hydrogen-bond donors (Lipinski definition) is 7. The molecule has 0 saturated heterocycles. The van der Waals surface area contributed by atoms with Gasteiger partial charge in [-0.3, -0.25) is 9.44 Å². The minimum absolute atomic E-state index is 0.165. The Hall–Kier alpha value is -3.20. The molecule has 14 heteroatoms. The van der Waals surface area contributed by atoms with Gasteiger partial charge in [0.1, 0.15) is 19.8 Å². The van der Waals surface area contributed by atoms with Crippen molar-refractivity contribution in [3.8, 4) is 0 Å². The lowest BCUT2D eigenvalue weighted by molar-refractivity contribution is 0.256. The number of nitrogens with one attached hydrogen (secondary N) is 7. The van der Waals surface area contributed by atoms with Crippen molar-refractivity contribution in [1.29, 1.82) is 9.56 Å². The summed E-state index contributed by atoms with van der Waals surface area (Å²) in [5, 5.41) is 9.03. The van der Waals surface area contributed by atoms with Crippen LogP contribution >= 0.6 is 0 Å². The first kappa shape index (κ1) is 40.0. The van der Waals surface area contributed by atoms with Crippen molar-refractivity contribution in [3.05, 3.63) is 56.6 Å². The van der Waals surface area contributed by atoms with Gasteiger partial charge >= 0.3 is 12.1 Å². The van der Waals surface area contributed by atoms with Gasteiger partial charge in [0, 0.05) is 11.4 Å². The van der Waals surface area contributed by atoms with Gasteiger partial charge in [-0.05, 0) is 167 Å². The molecule has 52 heavy (non-hydrogen) atoms. The minimum atomic E-state index is -3.13. The molecule has 2 unspecified atom stereocenters. The van der Waals surface area contributed by atoms with Crippen molar-refractivity contribution in [2.24, 2.45) is 0 Å². The molecule has 7 N–H and O–H groups in total. The molecule has 0 bridgehead atoms. The number of carbonyl (C=O) groups excluding carboxylic acids is 2.